The second-order valence-electron chi connectivity index (χ2n) is 7.71. The van der Waals surface area contributed by atoms with E-state index in [9.17, 15) is 9.59 Å². The van der Waals surface area contributed by atoms with Crippen molar-refractivity contribution in [2.24, 2.45) is 5.92 Å². The van der Waals surface area contributed by atoms with Gasteiger partial charge in [0.15, 0.2) is 0 Å². The minimum Gasteiger partial charge on any atom is -0.483 e. The molecule has 10 nitrogen and oxygen atoms in total. The first-order valence-electron chi connectivity index (χ1n) is 10.3. The molecule has 1 saturated heterocycles. The third-order valence-electron chi connectivity index (χ3n) is 5.04. The number of aromatic nitrogens is 2. The van der Waals surface area contributed by atoms with Crippen molar-refractivity contribution >= 4 is 18.3 Å². The number of carbonyl (C=O) groups excluding carboxylic acids is 2. The minimum absolute atomic E-state index is 0.0215. The summed E-state index contributed by atoms with van der Waals surface area (Å²) in [5.41, 5.74) is 1.66. The molecule has 31 heavy (non-hydrogen) atoms. The van der Waals surface area contributed by atoms with Crippen molar-refractivity contribution < 1.29 is 23.9 Å². The maximum Gasteiger partial charge on any atom is 0.290 e. The van der Waals surface area contributed by atoms with Gasteiger partial charge < -0.3 is 25.1 Å². The number of likely N-dealkylation sites (N-methyl/N-ethyl adjacent to an activating group) is 1. The second-order valence-corrected chi connectivity index (χ2v) is 7.71. The molecule has 2 atom stereocenters. The van der Waals surface area contributed by atoms with E-state index in [4.69, 9.17) is 14.3 Å². The zero-order valence-corrected chi connectivity index (χ0v) is 18.0. The van der Waals surface area contributed by atoms with Crippen molar-refractivity contribution in [2.75, 3.05) is 26.7 Å². The van der Waals surface area contributed by atoms with Crippen molar-refractivity contribution in [2.45, 2.75) is 38.8 Å². The van der Waals surface area contributed by atoms with E-state index in [1.807, 2.05) is 31.0 Å². The van der Waals surface area contributed by atoms with Crippen molar-refractivity contribution in [1.29, 1.82) is 0 Å². The van der Waals surface area contributed by atoms with E-state index < -0.39 is 0 Å². The lowest BCUT2D eigenvalue weighted by Crippen LogP contribution is -2.42. The smallest absolute Gasteiger partial charge is 0.290 e. The molecule has 0 aliphatic carbocycles. The van der Waals surface area contributed by atoms with Crippen molar-refractivity contribution in [3.8, 4) is 0 Å². The SMILES string of the molecule is Cc1cnn(CCCNC(=O)[C@@H]2CC[C@H](NC(=O)c3ccoc3)CN(C)C2)c1.O=CO. The highest BCUT2D eigenvalue weighted by atomic mass is 16.3. The third kappa shape index (κ3) is 8.25. The number of carbonyl (C=O) groups is 3. The molecule has 0 bridgehead atoms. The number of amides is 2. The molecule has 0 spiro atoms. The Morgan fingerprint density at radius 1 is 1.35 bits per heavy atom. The molecule has 3 N–H and O–H groups in total. The van der Waals surface area contributed by atoms with Gasteiger partial charge >= 0.3 is 0 Å². The molecule has 2 aromatic rings. The molecule has 1 fully saturated rings. The summed E-state index contributed by atoms with van der Waals surface area (Å²) >= 11 is 0. The van der Waals surface area contributed by atoms with E-state index >= 15 is 0 Å². The number of furan rings is 1. The number of hydrogen-bond acceptors (Lipinski definition) is 6. The second kappa shape index (κ2) is 12.5. The molecule has 170 valence electrons. The van der Waals surface area contributed by atoms with Crippen LogP contribution < -0.4 is 10.6 Å². The highest BCUT2D eigenvalue weighted by Crippen LogP contribution is 2.17. The minimum atomic E-state index is -0.250. The number of aryl methyl sites for hydroxylation is 2. The van der Waals surface area contributed by atoms with E-state index in [0.29, 0.717) is 18.7 Å². The van der Waals surface area contributed by atoms with Crippen molar-refractivity contribution in [1.82, 2.24) is 25.3 Å². The number of nitrogens with one attached hydrogen (secondary N) is 2. The van der Waals surface area contributed by atoms with Crippen LogP contribution in [0.15, 0.2) is 35.4 Å². The fourth-order valence-corrected chi connectivity index (χ4v) is 3.59. The van der Waals surface area contributed by atoms with E-state index in [0.717, 1.165) is 37.9 Å². The Hall–Kier alpha value is -3.14. The molecular weight excluding hydrogens is 402 g/mol. The highest BCUT2D eigenvalue weighted by molar-refractivity contribution is 5.94. The Kier molecular flexibility index (Phi) is 9.76. The van der Waals surface area contributed by atoms with Crippen LogP contribution in [0.1, 0.15) is 35.2 Å². The standard InChI is InChI=1S/C20H29N5O3.CH2O2/c1-15-10-22-25(11-15)8-3-7-21-19(26)16-4-5-18(13-24(2)12-16)23-20(27)17-6-9-28-14-17;2-1-3/h6,9-11,14,16,18H,3-5,7-8,12-13H2,1-2H3,(H,21,26)(H,23,27);1H,(H,2,3)/t16-,18+;/m1./s1. The van der Waals surface area contributed by atoms with Crippen LogP contribution in [0.3, 0.4) is 0 Å². The number of rotatable bonds is 7. The first-order chi connectivity index (χ1) is 14.9. The van der Waals surface area contributed by atoms with Crippen LogP contribution in [0.5, 0.6) is 0 Å². The molecule has 3 rings (SSSR count). The summed E-state index contributed by atoms with van der Waals surface area (Å²) in [6, 6.07) is 1.67. The maximum atomic E-state index is 12.6. The van der Waals surface area contributed by atoms with Crippen LogP contribution in [-0.4, -0.2) is 70.8 Å². The van der Waals surface area contributed by atoms with Gasteiger partial charge in [-0.2, -0.15) is 5.10 Å². The van der Waals surface area contributed by atoms with Crippen LogP contribution in [0.2, 0.25) is 0 Å². The van der Waals surface area contributed by atoms with Gasteiger partial charge in [-0.1, -0.05) is 0 Å². The first kappa shape index (κ1) is 24.1. The summed E-state index contributed by atoms with van der Waals surface area (Å²) in [6.07, 6.45) is 9.14. The predicted molar refractivity (Wildman–Crippen MR) is 113 cm³/mol. The van der Waals surface area contributed by atoms with Gasteiger partial charge in [-0.3, -0.25) is 19.1 Å². The van der Waals surface area contributed by atoms with E-state index in [1.165, 1.54) is 12.5 Å². The van der Waals surface area contributed by atoms with Crippen LogP contribution >= 0.6 is 0 Å². The van der Waals surface area contributed by atoms with Crippen LogP contribution in [-0.2, 0) is 16.1 Å². The molecule has 2 aromatic heterocycles. The lowest BCUT2D eigenvalue weighted by atomic mass is 10.0. The van der Waals surface area contributed by atoms with Gasteiger partial charge in [0.2, 0.25) is 5.91 Å². The van der Waals surface area contributed by atoms with E-state index in [1.54, 1.807) is 6.07 Å². The highest BCUT2D eigenvalue weighted by Gasteiger charge is 2.27. The summed E-state index contributed by atoms with van der Waals surface area (Å²) in [4.78, 5) is 35.3. The Balaban J connectivity index is 0.00000107. The van der Waals surface area contributed by atoms with Gasteiger partial charge in [0.05, 0.1) is 23.9 Å². The zero-order chi connectivity index (χ0) is 22.6. The third-order valence-corrected chi connectivity index (χ3v) is 5.04. The van der Waals surface area contributed by atoms with E-state index in [-0.39, 0.29) is 30.2 Å². The topological polar surface area (TPSA) is 130 Å². The molecule has 0 aromatic carbocycles. The molecule has 1 aliphatic rings. The fourth-order valence-electron chi connectivity index (χ4n) is 3.59. The maximum absolute atomic E-state index is 12.6. The summed E-state index contributed by atoms with van der Waals surface area (Å²) < 4.78 is 6.86. The van der Waals surface area contributed by atoms with Crippen molar-refractivity contribution in [3.63, 3.8) is 0 Å². The Morgan fingerprint density at radius 3 is 2.77 bits per heavy atom. The normalized spacial score (nSPS) is 18.9. The average Bonchev–Trinajstić information content (AvgIpc) is 3.37. The molecule has 10 heteroatoms. The molecule has 0 saturated carbocycles. The first-order valence-corrected chi connectivity index (χ1v) is 10.3. The quantitative estimate of drug-likeness (QED) is 0.441. The van der Waals surface area contributed by atoms with Gasteiger partial charge in [-0.15, -0.1) is 0 Å². The van der Waals surface area contributed by atoms with Crippen LogP contribution in [0.25, 0.3) is 0 Å². The monoisotopic (exact) mass is 433 g/mol. The van der Waals surface area contributed by atoms with E-state index in [2.05, 4.69) is 20.6 Å². The number of carboxylic acid groups (broad SMARTS) is 1. The molecule has 0 radical (unpaired) electrons. The number of nitrogens with zero attached hydrogens (tertiary/aromatic N) is 3. The van der Waals surface area contributed by atoms with Crippen LogP contribution in [0, 0.1) is 12.8 Å². The predicted octanol–water partition coefficient (Wildman–Crippen LogP) is 1.13. The fraction of sp³-hybridized carbons (Fsp3) is 0.524. The van der Waals surface area contributed by atoms with Crippen LogP contribution in [0.4, 0.5) is 0 Å². The van der Waals surface area contributed by atoms with Gasteiger partial charge in [-0.25, -0.2) is 0 Å². The summed E-state index contributed by atoms with van der Waals surface area (Å²) in [5, 5.41) is 17.2. The molecule has 1 aliphatic heterocycles. The zero-order valence-electron chi connectivity index (χ0n) is 18.0. The Morgan fingerprint density at radius 2 is 2.13 bits per heavy atom. The number of hydrogen-bond donors (Lipinski definition) is 3. The molecule has 2 amide bonds. The van der Waals surface area contributed by atoms with Crippen molar-refractivity contribution in [3.05, 3.63) is 42.1 Å². The van der Waals surface area contributed by atoms with Gasteiger partial charge in [-0.05, 0) is 44.9 Å². The Bertz CT molecular complexity index is 820. The van der Waals surface area contributed by atoms with Gasteiger partial charge in [0.1, 0.15) is 6.26 Å². The molecule has 0 unspecified atom stereocenters. The largest absolute Gasteiger partial charge is 0.483 e. The van der Waals surface area contributed by atoms with Gasteiger partial charge in [0.25, 0.3) is 12.4 Å². The molecule has 3 heterocycles. The molecular formula is C21H31N5O5. The Labute approximate surface area is 181 Å². The lowest BCUT2D eigenvalue weighted by Gasteiger charge is -2.21. The summed E-state index contributed by atoms with van der Waals surface area (Å²) in [6.45, 7) is 4.62. The van der Waals surface area contributed by atoms with Gasteiger partial charge in [0, 0.05) is 38.4 Å². The lowest BCUT2D eigenvalue weighted by molar-refractivity contribution is -0.125. The summed E-state index contributed by atoms with van der Waals surface area (Å²) in [7, 11) is 1.99. The number of likely N-dealkylation sites (tertiary alicyclic amines) is 1. The average molecular weight is 434 g/mol. The summed E-state index contributed by atoms with van der Waals surface area (Å²) in [5.74, 6) is -0.109.